The summed E-state index contributed by atoms with van der Waals surface area (Å²) in [6.45, 7) is 4.60. The van der Waals surface area contributed by atoms with Crippen molar-refractivity contribution in [3.63, 3.8) is 0 Å². The van der Waals surface area contributed by atoms with Crippen LogP contribution in [0.25, 0.3) is 0 Å². The Balaban J connectivity index is 1.72. The summed E-state index contributed by atoms with van der Waals surface area (Å²) in [6, 6.07) is 7.98. The molecule has 2 heterocycles. The molecule has 2 aromatic rings. The Morgan fingerprint density at radius 1 is 1.21 bits per heavy atom. The number of hydrogen-bond acceptors (Lipinski definition) is 4. The van der Waals surface area contributed by atoms with Crippen LogP contribution in [0.3, 0.4) is 0 Å². The number of benzene rings is 1. The normalized spacial score (nSPS) is 15.5. The summed E-state index contributed by atoms with van der Waals surface area (Å²) in [5.74, 6) is 1.02. The van der Waals surface area contributed by atoms with Crippen molar-refractivity contribution < 1.29 is 9.47 Å². The molecule has 0 spiro atoms. The van der Waals surface area contributed by atoms with Crippen LogP contribution >= 0.6 is 27.3 Å². The van der Waals surface area contributed by atoms with Gasteiger partial charge in [-0.3, -0.25) is 0 Å². The van der Waals surface area contributed by atoms with Crippen LogP contribution in [0.4, 0.5) is 5.69 Å². The van der Waals surface area contributed by atoms with Gasteiger partial charge in [-0.15, -0.1) is 11.3 Å². The zero-order valence-corrected chi connectivity index (χ0v) is 13.1. The highest BCUT2D eigenvalue weighted by Crippen LogP contribution is 2.40. The molecule has 3 nitrogen and oxygen atoms in total. The molecule has 1 aliphatic rings. The molecular formula is C14H14BrNO2S. The van der Waals surface area contributed by atoms with E-state index < -0.39 is 5.79 Å². The zero-order valence-electron chi connectivity index (χ0n) is 10.7. The second-order valence-corrected chi connectivity index (χ2v) is 6.67. The maximum atomic E-state index is 5.73. The summed E-state index contributed by atoms with van der Waals surface area (Å²) in [5.41, 5.74) is 1.03. The lowest BCUT2D eigenvalue weighted by Gasteiger charge is -2.16. The number of halogens is 1. The van der Waals surface area contributed by atoms with Crippen LogP contribution in [0.2, 0.25) is 0 Å². The Hall–Kier alpha value is -1.20. The molecule has 0 aliphatic carbocycles. The third-order valence-electron chi connectivity index (χ3n) is 2.80. The second-order valence-electron chi connectivity index (χ2n) is 4.81. The average molecular weight is 340 g/mol. The molecule has 0 saturated heterocycles. The molecule has 1 aromatic carbocycles. The number of nitrogens with one attached hydrogen (secondary N) is 1. The maximum absolute atomic E-state index is 5.73. The molecule has 0 atom stereocenters. The van der Waals surface area contributed by atoms with Gasteiger partial charge in [0.15, 0.2) is 11.5 Å². The molecule has 1 N–H and O–H groups in total. The Labute approximate surface area is 124 Å². The summed E-state index contributed by atoms with van der Waals surface area (Å²) < 4.78 is 12.5. The molecule has 0 bridgehead atoms. The standard InChI is InChI=1S/C14H14BrNO2S/c1-14(2)17-11-4-3-9(7-12(11)18-14)16-8-13-10(15)5-6-19-13/h3-7,16H,8H2,1-2H3. The van der Waals surface area contributed by atoms with Crippen molar-refractivity contribution >= 4 is 33.0 Å². The molecule has 3 rings (SSSR count). The van der Waals surface area contributed by atoms with Gasteiger partial charge in [0.2, 0.25) is 5.79 Å². The molecule has 5 heteroatoms. The second kappa shape index (κ2) is 4.72. The summed E-state index contributed by atoms with van der Waals surface area (Å²) >= 11 is 5.26. The third kappa shape index (κ3) is 2.72. The molecule has 100 valence electrons. The molecule has 19 heavy (non-hydrogen) atoms. The van der Waals surface area contributed by atoms with E-state index in [1.54, 1.807) is 11.3 Å². The molecule has 0 unspecified atom stereocenters. The van der Waals surface area contributed by atoms with E-state index in [1.807, 2.05) is 32.0 Å². The molecule has 1 aliphatic heterocycles. The van der Waals surface area contributed by atoms with Crippen molar-refractivity contribution in [3.8, 4) is 11.5 Å². The molecule has 0 saturated carbocycles. The Morgan fingerprint density at radius 2 is 2.00 bits per heavy atom. The van der Waals surface area contributed by atoms with Crippen molar-refractivity contribution in [1.82, 2.24) is 0 Å². The smallest absolute Gasteiger partial charge is 0.246 e. The van der Waals surface area contributed by atoms with Gasteiger partial charge in [-0.1, -0.05) is 0 Å². The Morgan fingerprint density at radius 3 is 2.74 bits per heavy atom. The lowest BCUT2D eigenvalue weighted by molar-refractivity contribution is -0.0431. The molecule has 0 radical (unpaired) electrons. The van der Waals surface area contributed by atoms with Crippen molar-refractivity contribution in [3.05, 3.63) is 39.0 Å². The number of rotatable bonds is 3. The van der Waals surface area contributed by atoms with Gasteiger partial charge in [0.25, 0.3) is 0 Å². The highest BCUT2D eigenvalue weighted by Gasteiger charge is 2.31. The van der Waals surface area contributed by atoms with Gasteiger partial charge in [-0.25, -0.2) is 0 Å². The SMILES string of the molecule is CC1(C)Oc2ccc(NCc3sccc3Br)cc2O1. The molecule has 1 aromatic heterocycles. The van der Waals surface area contributed by atoms with Gasteiger partial charge in [0.1, 0.15) is 0 Å². The van der Waals surface area contributed by atoms with Crippen molar-refractivity contribution in [1.29, 1.82) is 0 Å². The first-order chi connectivity index (χ1) is 9.03. The zero-order chi connectivity index (χ0) is 13.5. The van der Waals surface area contributed by atoms with E-state index in [2.05, 4.69) is 32.7 Å². The number of thiophene rings is 1. The van der Waals surface area contributed by atoms with Gasteiger partial charge < -0.3 is 14.8 Å². The first kappa shape index (κ1) is 12.8. The quantitative estimate of drug-likeness (QED) is 0.884. The third-order valence-corrected chi connectivity index (χ3v) is 4.73. The first-order valence-electron chi connectivity index (χ1n) is 6.01. The van der Waals surface area contributed by atoms with Crippen LogP contribution in [0.1, 0.15) is 18.7 Å². The maximum Gasteiger partial charge on any atom is 0.246 e. The van der Waals surface area contributed by atoms with Gasteiger partial charge in [-0.05, 0) is 39.5 Å². The summed E-state index contributed by atoms with van der Waals surface area (Å²) in [7, 11) is 0. The highest BCUT2D eigenvalue weighted by atomic mass is 79.9. The minimum absolute atomic E-state index is 0.572. The number of fused-ring (bicyclic) bond motifs is 1. The molecule has 0 fully saturated rings. The minimum atomic E-state index is -0.572. The predicted octanol–water partition coefficient (Wildman–Crippen LogP) is 4.63. The van der Waals surface area contributed by atoms with Crippen LogP contribution in [-0.2, 0) is 6.54 Å². The molecular weight excluding hydrogens is 326 g/mol. The average Bonchev–Trinajstić information content (AvgIpc) is 2.87. The largest absolute Gasteiger partial charge is 0.449 e. The lowest BCUT2D eigenvalue weighted by atomic mass is 10.3. The van der Waals surface area contributed by atoms with E-state index in [-0.39, 0.29) is 0 Å². The fraction of sp³-hybridized carbons (Fsp3) is 0.286. The van der Waals surface area contributed by atoms with Crippen LogP contribution in [0.5, 0.6) is 11.5 Å². The fourth-order valence-corrected chi connectivity index (χ4v) is 3.40. The van der Waals surface area contributed by atoms with Crippen LogP contribution in [0.15, 0.2) is 34.1 Å². The van der Waals surface area contributed by atoms with Gasteiger partial charge in [0.05, 0.1) is 6.54 Å². The van der Waals surface area contributed by atoms with E-state index in [0.29, 0.717) is 0 Å². The van der Waals surface area contributed by atoms with Gasteiger partial charge >= 0.3 is 0 Å². The van der Waals surface area contributed by atoms with E-state index in [1.165, 1.54) is 4.88 Å². The monoisotopic (exact) mass is 339 g/mol. The number of anilines is 1. The predicted molar refractivity (Wildman–Crippen MR) is 81.1 cm³/mol. The minimum Gasteiger partial charge on any atom is -0.449 e. The summed E-state index contributed by atoms with van der Waals surface area (Å²) in [4.78, 5) is 1.28. The fourth-order valence-electron chi connectivity index (χ4n) is 1.97. The van der Waals surface area contributed by atoms with Crippen molar-refractivity contribution in [2.45, 2.75) is 26.2 Å². The van der Waals surface area contributed by atoms with Crippen LogP contribution in [-0.4, -0.2) is 5.79 Å². The van der Waals surface area contributed by atoms with Gasteiger partial charge in [-0.2, -0.15) is 0 Å². The van der Waals surface area contributed by atoms with E-state index >= 15 is 0 Å². The first-order valence-corrected chi connectivity index (χ1v) is 7.69. The topological polar surface area (TPSA) is 30.5 Å². The number of ether oxygens (including phenoxy) is 2. The van der Waals surface area contributed by atoms with Crippen LogP contribution in [0, 0.1) is 0 Å². The van der Waals surface area contributed by atoms with E-state index in [9.17, 15) is 0 Å². The lowest BCUT2D eigenvalue weighted by Crippen LogP contribution is -2.29. The number of hydrogen-bond donors (Lipinski definition) is 1. The summed E-state index contributed by atoms with van der Waals surface area (Å²) in [5, 5.41) is 5.46. The van der Waals surface area contributed by atoms with Crippen molar-refractivity contribution in [2.24, 2.45) is 0 Å². The highest BCUT2D eigenvalue weighted by molar-refractivity contribution is 9.10. The van der Waals surface area contributed by atoms with Gasteiger partial charge in [0, 0.05) is 35.0 Å². The molecule has 0 amide bonds. The Bertz CT molecular complexity index is 609. The van der Waals surface area contributed by atoms with E-state index in [0.717, 1.165) is 28.2 Å². The van der Waals surface area contributed by atoms with E-state index in [4.69, 9.17) is 9.47 Å². The van der Waals surface area contributed by atoms with Crippen molar-refractivity contribution in [2.75, 3.05) is 5.32 Å². The van der Waals surface area contributed by atoms with Crippen LogP contribution < -0.4 is 14.8 Å². The summed E-state index contributed by atoms with van der Waals surface area (Å²) in [6.07, 6.45) is 0. The Kier molecular flexibility index (Phi) is 3.19.